The predicted molar refractivity (Wildman–Crippen MR) is 78.9 cm³/mol. The molecule has 3 amide bonds. The molecule has 0 aromatic heterocycles. The Balaban J connectivity index is 2.42. The molecule has 114 valence electrons. The monoisotopic (exact) mass is 292 g/mol. The Bertz CT molecular complexity index is 540. The van der Waals surface area contributed by atoms with Gasteiger partial charge in [0.15, 0.2) is 6.61 Å². The normalized spacial score (nSPS) is 9.86. The molecule has 6 heteroatoms. The average Bonchev–Trinajstić information content (AvgIpc) is 2.40. The van der Waals surface area contributed by atoms with Crippen LogP contribution in [0.2, 0.25) is 0 Å². The van der Waals surface area contributed by atoms with E-state index in [1.165, 1.54) is 0 Å². The van der Waals surface area contributed by atoms with Gasteiger partial charge in [-0.2, -0.15) is 0 Å². The van der Waals surface area contributed by atoms with E-state index in [1.54, 1.807) is 6.07 Å². The maximum Gasteiger partial charge on any atom is 0.325 e. The van der Waals surface area contributed by atoms with Crippen LogP contribution in [-0.2, 0) is 14.3 Å². The van der Waals surface area contributed by atoms with Gasteiger partial charge in [-0.05, 0) is 31.9 Å². The van der Waals surface area contributed by atoms with Crippen LogP contribution in [0.25, 0.3) is 0 Å². The van der Waals surface area contributed by atoms with Crippen LogP contribution in [0.1, 0.15) is 30.9 Å². The van der Waals surface area contributed by atoms with Gasteiger partial charge in [-0.15, -0.1) is 0 Å². The average molecular weight is 292 g/mol. The Morgan fingerprint density at radius 1 is 1.19 bits per heavy atom. The number of nitrogens with one attached hydrogen (secondary N) is 2. The van der Waals surface area contributed by atoms with Gasteiger partial charge in [0, 0.05) is 12.1 Å². The van der Waals surface area contributed by atoms with Crippen molar-refractivity contribution in [2.45, 2.75) is 33.6 Å². The number of amides is 3. The molecule has 0 bridgehead atoms. The third kappa shape index (κ3) is 6.07. The highest BCUT2D eigenvalue weighted by molar-refractivity contribution is 6.02. The predicted octanol–water partition coefficient (Wildman–Crippen LogP) is 2.29. The molecule has 0 saturated heterocycles. The third-order valence-electron chi connectivity index (χ3n) is 2.70. The lowest BCUT2D eigenvalue weighted by atomic mass is 10.1. The Labute approximate surface area is 123 Å². The molecule has 0 heterocycles. The summed E-state index contributed by atoms with van der Waals surface area (Å²) in [5.74, 6) is -1.12. The highest BCUT2D eigenvalue weighted by Gasteiger charge is 2.11. The molecular formula is C15H20N2O4. The number of benzene rings is 1. The van der Waals surface area contributed by atoms with Crippen molar-refractivity contribution >= 4 is 23.6 Å². The van der Waals surface area contributed by atoms with Crippen LogP contribution in [0, 0.1) is 13.8 Å². The quantitative estimate of drug-likeness (QED) is 0.815. The van der Waals surface area contributed by atoms with Crippen molar-refractivity contribution in [2.75, 3.05) is 11.9 Å². The lowest BCUT2D eigenvalue weighted by Crippen LogP contribution is -2.37. The molecular weight excluding hydrogens is 272 g/mol. The summed E-state index contributed by atoms with van der Waals surface area (Å²) in [5.41, 5.74) is 2.60. The summed E-state index contributed by atoms with van der Waals surface area (Å²) in [6.07, 6.45) is 0.898. The van der Waals surface area contributed by atoms with E-state index in [1.807, 2.05) is 32.9 Å². The number of ether oxygens (including phenoxy) is 1. The first kappa shape index (κ1) is 16.7. The van der Waals surface area contributed by atoms with E-state index < -0.39 is 24.5 Å². The van der Waals surface area contributed by atoms with Crippen molar-refractivity contribution in [3.05, 3.63) is 29.3 Å². The molecule has 1 aromatic rings. The zero-order valence-corrected chi connectivity index (χ0v) is 12.5. The second-order valence-electron chi connectivity index (χ2n) is 4.73. The van der Waals surface area contributed by atoms with Crippen molar-refractivity contribution in [3.8, 4) is 0 Å². The lowest BCUT2D eigenvalue weighted by Gasteiger charge is -2.10. The maximum absolute atomic E-state index is 11.6. The number of esters is 1. The third-order valence-corrected chi connectivity index (χ3v) is 2.70. The first-order valence-corrected chi connectivity index (χ1v) is 6.76. The zero-order chi connectivity index (χ0) is 15.8. The van der Waals surface area contributed by atoms with Gasteiger partial charge in [0.1, 0.15) is 0 Å². The molecule has 6 nitrogen and oxygen atoms in total. The smallest absolute Gasteiger partial charge is 0.325 e. The van der Waals surface area contributed by atoms with Crippen LogP contribution in [-0.4, -0.2) is 24.5 Å². The fourth-order valence-electron chi connectivity index (χ4n) is 1.69. The Morgan fingerprint density at radius 2 is 1.90 bits per heavy atom. The van der Waals surface area contributed by atoms with E-state index >= 15 is 0 Å². The molecule has 0 aliphatic carbocycles. The summed E-state index contributed by atoms with van der Waals surface area (Å²) in [7, 11) is 0. The van der Waals surface area contributed by atoms with Crippen molar-refractivity contribution in [1.29, 1.82) is 0 Å². The fraction of sp³-hybridized carbons (Fsp3) is 0.400. The van der Waals surface area contributed by atoms with Crippen LogP contribution >= 0.6 is 0 Å². The summed E-state index contributed by atoms with van der Waals surface area (Å²) >= 11 is 0. The number of anilines is 1. The minimum atomic E-state index is -0.665. The van der Waals surface area contributed by atoms with Gasteiger partial charge in [0.05, 0.1) is 0 Å². The second kappa shape index (κ2) is 8.04. The van der Waals surface area contributed by atoms with Gasteiger partial charge in [0.2, 0.25) is 0 Å². The van der Waals surface area contributed by atoms with E-state index in [0.29, 0.717) is 12.1 Å². The van der Waals surface area contributed by atoms with E-state index in [4.69, 9.17) is 4.74 Å². The minimum absolute atomic E-state index is 0.252. The van der Waals surface area contributed by atoms with E-state index in [2.05, 4.69) is 10.6 Å². The van der Waals surface area contributed by atoms with Gasteiger partial charge in [0.25, 0.3) is 5.91 Å². The molecule has 0 fully saturated rings. The van der Waals surface area contributed by atoms with Gasteiger partial charge in [-0.3, -0.25) is 14.9 Å². The Kier molecular flexibility index (Phi) is 6.39. The molecule has 0 spiro atoms. The number of hydrogen-bond acceptors (Lipinski definition) is 4. The molecule has 0 saturated carbocycles. The molecule has 21 heavy (non-hydrogen) atoms. The Hall–Kier alpha value is -2.37. The van der Waals surface area contributed by atoms with Gasteiger partial charge in [-0.1, -0.05) is 24.6 Å². The molecule has 0 unspecified atom stereocenters. The van der Waals surface area contributed by atoms with Crippen LogP contribution in [0.15, 0.2) is 18.2 Å². The van der Waals surface area contributed by atoms with Crippen molar-refractivity contribution < 1.29 is 19.1 Å². The highest BCUT2D eigenvalue weighted by atomic mass is 16.5. The molecule has 0 atom stereocenters. The standard InChI is InChI=1S/C15H20N2O4/c1-4-5-14(19)21-9-13(18)17-15(20)16-12-7-6-10(2)8-11(12)3/h6-8H,4-5,9H2,1-3H3,(H2,16,17,18,20). The first-order valence-electron chi connectivity index (χ1n) is 6.76. The van der Waals surface area contributed by atoms with Crippen LogP contribution in [0.5, 0.6) is 0 Å². The van der Waals surface area contributed by atoms with E-state index in [-0.39, 0.29) is 6.42 Å². The zero-order valence-electron chi connectivity index (χ0n) is 12.5. The summed E-state index contributed by atoms with van der Waals surface area (Å²) in [4.78, 5) is 34.2. The van der Waals surface area contributed by atoms with Gasteiger partial charge >= 0.3 is 12.0 Å². The number of urea groups is 1. The summed E-state index contributed by atoms with van der Waals surface area (Å²) in [6, 6.07) is 4.88. The maximum atomic E-state index is 11.6. The summed E-state index contributed by atoms with van der Waals surface area (Å²) in [5, 5.41) is 4.67. The molecule has 0 aliphatic heterocycles. The summed E-state index contributed by atoms with van der Waals surface area (Å²) in [6.45, 7) is 5.18. The van der Waals surface area contributed by atoms with Gasteiger partial charge < -0.3 is 10.1 Å². The molecule has 1 rings (SSSR count). The topological polar surface area (TPSA) is 84.5 Å². The number of imide groups is 1. The van der Waals surface area contributed by atoms with Gasteiger partial charge in [-0.25, -0.2) is 4.79 Å². The number of carbonyl (C=O) groups excluding carboxylic acids is 3. The molecule has 2 N–H and O–H groups in total. The molecule has 1 aromatic carbocycles. The summed E-state index contributed by atoms with van der Waals surface area (Å²) < 4.78 is 4.70. The van der Waals surface area contributed by atoms with Crippen molar-refractivity contribution in [3.63, 3.8) is 0 Å². The molecule has 0 aliphatic rings. The van der Waals surface area contributed by atoms with Crippen LogP contribution < -0.4 is 10.6 Å². The van der Waals surface area contributed by atoms with Crippen LogP contribution in [0.3, 0.4) is 0 Å². The largest absolute Gasteiger partial charge is 0.456 e. The van der Waals surface area contributed by atoms with Crippen LogP contribution in [0.4, 0.5) is 10.5 Å². The fourth-order valence-corrected chi connectivity index (χ4v) is 1.69. The van der Waals surface area contributed by atoms with E-state index in [0.717, 1.165) is 11.1 Å². The molecule has 0 radical (unpaired) electrons. The number of aryl methyl sites for hydroxylation is 2. The number of rotatable bonds is 5. The number of hydrogen-bond donors (Lipinski definition) is 2. The van der Waals surface area contributed by atoms with E-state index in [9.17, 15) is 14.4 Å². The van der Waals surface area contributed by atoms with Crippen molar-refractivity contribution in [2.24, 2.45) is 0 Å². The number of carbonyl (C=O) groups is 3. The second-order valence-corrected chi connectivity index (χ2v) is 4.73. The first-order chi connectivity index (χ1) is 9.92. The Morgan fingerprint density at radius 3 is 2.52 bits per heavy atom. The van der Waals surface area contributed by atoms with Crippen molar-refractivity contribution in [1.82, 2.24) is 5.32 Å². The SMILES string of the molecule is CCCC(=O)OCC(=O)NC(=O)Nc1ccc(C)cc1C. The minimum Gasteiger partial charge on any atom is -0.456 e. The highest BCUT2D eigenvalue weighted by Crippen LogP contribution is 2.15. The lowest BCUT2D eigenvalue weighted by molar-refractivity contribution is -0.148.